The largest absolute Gasteiger partial charge is 0.392 e. The van der Waals surface area contributed by atoms with E-state index < -0.39 is 46.8 Å². The summed E-state index contributed by atoms with van der Waals surface area (Å²) >= 11 is 1.46. The number of anilines is 1. The van der Waals surface area contributed by atoms with Crippen molar-refractivity contribution >= 4 is 23.4 Å². The Morgan fingerprint density at radius 3 is 2.17 bits per heavy atom. The van der Waals surface area contributed by atoms with Crippen molar-refractivity contribution in [2.24, 2.45) is 7.05 Å². The van der Waals surface area contributed by atoms with Gasteiger partial charge in [-0.1, -0.05) is 48.2 Å². The second kappa shape index (κ2) is 12.6. The van der Waals surface area contributed by atoms with Gasteiger partial charge in [0, 0.05) is 30.5 Å². The van der Waals surface area contributed by atoms with Crippen molar-refractivity contribution < 1.29 is 41.3 Å². The summed E-state index contributed by atoms with van der Waals surface area (Å²) in [6, 6.07) is 13.2. The van der Waals surface area contributed by atoms with Gasteiger partial charge < -0.3 is 24.5 Å². The van der Waals surface area contributed by atoms with E-state index in [1.165, 1.54) is 23.9 Å². The predicted octanol–water partition coefficient (Wildman–Crippen LogP) is 5.59. The first-order valence-corrected chi connectivity index (χ1v) is 13.5. The molecule has 14 heteroatoms. The molecule has 220 valence electrons. The zero-order valence-electron chi connectivity index (χ0n) is 21.9. The molecule has 1 aromatic heterocycles. The topological polar surface area (TPSA) is 98.5 Å². The Bertz CT molecular complexity index is 1560. The van der Waals surface area contributed by atoms with Gasteiger partial charge >= 0.3 is 0 Å². The fraction of sp³-hybridized carbons (Fsp3) is 0.250. The molecule has 0 aliphatic carbocycles. The monoisotopic (exact) mass is 606 g/mol. The number of amides is 1. The number of nitrogens with one attached hydrogen (secondary N) is 1. The van der Waals surface area contributed by atoms with E-state index in [1.807, 2.05) is 19.2 Å². The maximum absolute atomic E-state index is 14.1. The van der Waals surface area contributed by atoms with Crippen LogP contribution in [0.5, 0.6) is 0 Å². The van der Waals surface area contributed by atoms with E-state index in [4.69, 9.17) is 9.47 Å². The average molecular weight is 607 g/mol. The highest BCUT2D eigenvalue weighted by atomic mass is 32.2. The van der Waals surface area contributed by atoms with Crippen LogP contribution in [0.4, 0.5) is 27.6 Å². The Labute approximate surface area is 240 Å². The lowest BCUT2D eigenvalue weighted by atomic mass is 10.0. The molecular weight excluding hydrogens is 583 g/mol. The van der Waals surface area contributed by atoms with Crippen LogP contribution in [0.2, 0.25) is 0 Å². The maximum Gasteiger partial charge on any atom is 0.261 e. The van der Waals surface area contributed by atoms with Crippen LogP contribution in [0.3, 0.4) is 0 Å². The van der Waals surface area contributed by atoms with Gasteiger partial charge in [-0.05, 0) is 23.3 Å². The Balaban J connectivity index is 1.34. The molecule has 0 bridgehead atoms. The van der Waals surface area contributed by atoms with E-state index in [2.05, 4.69) is 15.5 Å². The first-order chi connectivity index (χ1) is 20.2. The van der Waals surface area contributed by atoms with Crippen molar-refractivity contribution in [1.82, 2.24) is 14.8 Å². The first-order valence-electron chi connectivity index (χ1n) is 12.6. The first kappa shape index (κ1) is 29.6. The summed E-state index contributed by atoms with van der Waals surface area (Å²) in [5.41, 5.74) is 0.623. The molecule has 4 aromatic rings. The molecule has 0 spiro atoms. The van der Waals surface area contributed by atoms with Gasteiger partial charge in [-0.25, -0.2) is 22.0 Å². The molecule has 42 heavy (non-hydrogen) atoms. The summed E-state index contributed by atoms with van der Waals surface area (Å²) in [5.74, 6) is -12.2. The number of carbonyl (C=O) groups excluding carboxylic acids is 1. The maximum atomic E-state index is 14.1. The SMILES string of the molecule is Cn1cnnc1SC[C@@H]1C[C@H](c2ccc(CO)cc2)O[C@H](c2ccc(NC(=O)c3c(F)c(F)c(F)c(F)c3F)cc2)O1. The summed E-state index contributed by atoms with van der Waals surface area (Å²) in [4.78, 5) is 12.4. The standard InChI is InChI=1S/C28H23F5N4O4S/c1-37-13-34-36-28(37)42-12-18-10-19(15-4-2-14(11-38)3-5-15)41-27(40-18)16-6-8-17(9-7-16)35-26(39)20-21(29)23(31)25(33)24(32)22(20)30/h2-9,13,18-19,27,38H,10-12H2,1H3,(H,35,39)/t18-,19+,27+/m0/s1. The van der Waals surface area contributed by atoms with Gasteiger partial charge in [-0.2, -0.15) is 0 Å². The highest BCUT2D eigenvalue weighted by Crippen LogP contribution is 2.39. The van der Waals surface area contributed by atoms with Crippen LogP contribution in [0.1, 0.15) is 45.9 Å². The molecule has 1 aliphatic rings. The summed E-state index contributed by atoms with van der Waals surface area (Å²) in [6.45, 7) is -0.0955. The molecule has 0 saturated carbocycles. The molecule has 1 amide bonds. The van der Waals surface area contributed by atoms with E-state index >= 15 is 0 Å². The minimum Gasteiger partial charge on any atom is -0.392 e. The summed E-state index contributed by atoms with van der Waals surface area (Å²) in [5, 5.41) is 20.2. The normalized spacial score (nSPS) is 18.7. The van der Waals surface area contributed by atoms with Crippen LogP contribution in [0.15, 0.2) is 60.0 Å². The van der Waals surface area contributed by atoms with E-state index in [0.717, 1.165) is 11.1 Å². The fourth-order valence-corrected chi connectivity index (χ4v) is 5.22. The zero-order valence-corrected chi connectivity index (χ0v) is 22.7. The van der Waals surface area contributed by atoms with Crippen LogP contribution in [0, 0.1) is 29.1 Å². The number of aliphatic hydroxyl groups is 1. The lowest BCUT2D eigenvalue weighted by Gasteiger charge is -2.36. The van der Waals surface area contributed by atoms with E-state index in [9.17, 15) is 31.9 Å². The summed E-state index contributed by atoms with van der Waals surface area (Å²) in [6.07, 6.45) is 0.631. The van der Waals surface area contributed by atoms with Crippen molar-refractivity contribution in [3.63, 3.8) is 0 Å². The number of aliphatic hydroxyl groups excluding tert-OH is 1. The number of carbonyl (C=O) groups is 1. The van der Waals surface area contributed by atoms with Crippen LogP contribution in [0.25, 0.3) is 0 Å². The minimum absolute atomic E-state index is 0.0361. The zero-order chi connectivity index (χ0) is 30.0. The molecule has 1 saturated heterocycles. The lowest BCUT2D eigenvalue weighted by molar-refractivity contribution is -0.245. The number of benzene rings is 3. The van der Waals surface area contributed by atoms with E-state index in [1.54, 1.807) is 35.2 Å². The van der Waals surface area contributed by atoms with E-state index in [-0.39, 0.29) is 24.5 Å². The van der Waals surface area contributed by atoms with Crippen molar-refractivity contribution in [3.05, 3.63) is 106 Å². The molecule has 3 aromatic carbocycles. The number of ether oxygens (including phenoxy) is 2. The second-order valence-electron chi connectivity index (χ2n) is 9.41. The Kier molecular flexibility index (Phi) is 8.87. The molecule has 8 nitrogen and oxygen atoms in total. The third kappa shape index (κ3) is 6.16. The quantitative estimate of drug-likeness (QED) is 0.117. The number of thioether (sulfide) groups is 1. The Morgan fingerprint density at radius 2 is 1.57 bits per heavy atom. The Morgan fingerprint density at radius 1 is 0.952 bits per heavy atom. The van der Waals surface area contributed by atoms with Gasteiger partial charge in [-0.3, -0.25) is 4.79 Å². The van der Waals surface area contributed by atoms with Crippen molar-refractivity contribution in [2.45, 2.75) is 36.7 Å². The third-order valence-electron chi connectivity index (χ3n) is 6.56. The second-order valence-corrected chi connectivity index (χ2v) is 10.4. The number of halogens is 5. The molecule has 0 unspecified atom stereocenters. The molecule has 5 rings (SSSR count). The number of rotatable bonds is 8. The van der Waals surface area contributed by atoms with Crippen molar-refractivity contribution in [3.8, 4) is 0 Å². The van der Waals surface area contributed by atoms with Gasteiger partial charge in [0.2, 0.25) is 5.82 Å². The van der Waals surface area contributed by atoms with Crippen LogP contribution in [-0.2, 0) is 23.1 Å². The minimum atomic E-state index is -2.35. The van der Waals surface area contributed by atoms with Crippen LogP contribution in [-0.4, -0.2) is 37.6 Å². The van der Waals surface area contributed by atoms with Crippen LogP contribution < -0.4 is 5.32 Å². The molecular formula is C28H23F5N4O4S. The van der Waals surface area contributed by atoms with Gasteiger partial charge in [0.15, 0.2) is 34.7 Å². The summed E-state index contributed by atoms with van der Waals surface area (Å²) < 4.78 is 82.8. The third-order valence-corrected chi connectivity index (χ3v) is 7.73. The fourth-order valence-electron chi connectivity index (χ4n) is 4.31. The molecule has 2 N–H and O–H groups in total. The smallest absolute Gasteiger partial charge is 0.261 e. The van der Waals surface area contributed by atoms with Crippen molar-refractivity contribution in [2.75, 3.05) is 11.1 Å². The molecule has 2 heterocycles. The highest BCUT2D eigenvalue weighted by molar-refractivity contribution is 7.99. The number of nitrogens with zero attached hydrogens (tertiary/aromatic N) is 3. The van der Waals surface area contributed by atoms with Gasteiger partial charge in [0.1, 0.15) is 11.9 Å². The molecule has 3 atom stereocenters. The van der Waals surface area contributed by atoms with Gasteiger partial charge in [-0.15, -0.1) is 10.2 Å². The van der Waals surface area contributed by atoms with Gasteiger partial charge in [0.25, 0.3) is 5.91 Å². The highest BCUT2D eigenvalue weighted by Gasteiger charge is 2.33. The van der Waals surface area contributed by atoms with Gasteiger partial charge in [0.05, 0.1) is 18.8 Å². The number of hydrogen-bond acceptors (Lipinski definition) is 7. The summed E-state index contributed by atoms with van der Waals surface area (Å²) in [7, 11) is 1.83. The number of aryl methyl sites for hydroxylation is 1. The number of aromatic nitrogens is 3. The molecule has 1 fully saturated rings. The van der Waals surface area contributed by atoms with E-state index in [0.29, 0.717) is 22.9 Å². The predicted molar refractivity (Wildman–Crippen MR) is 141 cm³/mol. The average Bonchev–Trinajstić information content (AvgIpc) is 3.42. The van der Waals surface area contributed by atoms with Crippen molar-refractivity contribution in [1.29, 1.82) is 0 Å². The molecule has 1 aliphatic heterocycles. The lowest BCUT2D eigenvalue weighted by Crippen LogP contribution is -2.31. The number of hydrogen-bond donors (Lipinski definition) is 2. The molecule has 0 radical (unpaired) electrons. The Hall–Kier alpha value is -3.85. The van der Waals surface area contributed by atoms with Crippen LogP contribution >= 0.6 is 11.8 Å².